The molecule has 1 aliphatic rings. The molecular weight excluding hydrogens is 210 g/mol. The van der Waals surface area contributed by atoms with Gasteiger partial charge in [0.1, 0.15) is 16.8 Å². The van der Waals surface area contributed by atoms with Gasteiger partial charge in [-0.05, 0) is 26.2 Å². The van der Waals surface area contributed by atoms with Gasteiger partial charge in [-0.3, -0.25) is 0 Å². The zero-order valence-electron chi connectivity index (χ0n) is 9.13. The summed E-state index contributed by atoms with van der Waals surface area (Å²) in [5.41, 5.74) is 0. The maximum atomic E-state index is 5.96. The zero-order chi connectivity index (χ0) is 10.8. The molecule has 0 amide bonds. The summed E-state index contributed by atoms with van der Waals surface area (Å²) in [6.45, 7) is 4.27. The molecule has 3 nitrogen and oxygen atoms in total. The van der Waals surface area contributed by atoms with E-state index in [0.717, 1.165) is 18.1 Å². The molecule has 1 N–H and O–H groups in total. The fraction of sp³-hybridized carbons (Fsp3) is 0.636. The molecule has 1 aliphatic carbocycles. The van der Waals surface area contributed by atoms with Crippen LogP contribution in [0.25, 0.3) is 0 Å². The van der Waals surface area contributed by atoms with Gasteiger partial charge in [0.15, 0.2) is 0 Å². The summed E-state index contributed by atoms with van der Waals surface area (Å²) < 4.78 is 0. The Morgan fingerprint density at radius 2 is 2.27 bits per heavy atom. The highest BCUT2D eigenvalue weighted by molar-refractivity contribution is 6.29. The molecule has 2 rings (SSSR count). The van der Waals surface area contributed by atoms with Gasteiger partial charge in [-0.25, -0.2) is 9.97 Å². The Bertz CT molecular complexity index is 350. The van der Waals surface area contributed by atoms with Crippen LogP contribution in [-0.2, 0) is 0 Å². The van der Waals surface area contributed by atoms with Crippen LogP contribution in [0.2, 0.25) is 5.15 Å². The van der Waals surface area contributed by atoms with Crippen LogP contribution in [0.1, 0.15) is 44.9 Å². The van der Waals surface area contributed by atoms with Gasteiger partial charge < -0.3 is 5.32 Å². The van der Waals surface area contributed by atoms with Crippen LogP contribution in [0.4, 0.5) is 5.82 Å². The maximum Gasteiger partial charge on any atom is 0.135 e. The normalized spacial score (nSPS) is 17.5. The zero-order valence-corrected chi connectivity index (χ0v) is 9.88. The first kappa shape index (κ1) is 10.7. The highest BCUT2D eigenvalue weighted by Crippen LogP contribution is 2.38. The highest BCUT2D eigenvalue weighted by Gasteiger charge is 2.27. The molecule has 1 unspecified atom stereocenters. The van der Waals surface area contributed by atoms with E-state index in [4.69, 9.17) is 11.6 Å². The van der Waals surface area contributed by atoms with Crippen molar-refractivity contribution < 1.29 is 0 Å². The molecule has 1 heterocycles. The summed E-state index contributed by atoms with van der Waals surface area (Å²) in [5.74, 6) is 2.29. The molecule has 4 heteroatoms. The molecule has 1 saturated carbocycles. The van der Waals surface area contributed by atoms with Crippen molar-refractivity contribution in [2.24, 2.45) is 0 Å². The van der Waals surface area contributed by atoms with Crippen molar-refractivity contribution in [2.45, 2.75) is 45.1 Å². The predicted molar refractivity (Wildman–Crippen MR) is 62.4 cm³/mol. The largest absolute Gasteiger partial charge is 0.367 e. The number of anilines is 1. The fourth-order valence-corrected chi connectivity index (χ4v) is 1.58. The summed E-state index contributed by atoms with van der Waals surface area (Å²) in [6.07, 6.45) is 3.46. The second-order valence-corrected chi connectivity index (χ2v) is 4.55. The molecule has 0 bridgehead atoms. The van der Waals surface area contributed by atoms with Gasteiger partial charge in [-0.15, -0.1) is 0 Å². The molecule has 0 aliphatic heterocycles. The van der Waals surface area contributed by atoms with E-state index in [0.29, 0.717) is 17.1 Å². The van der Waals surface area contributed by atoms with E-state index < -0.39 is 0 Å². The first-order valence-electron chi connectivity index (χ1n) is 5.50. The Morgan fingerprint density at radius 3 is 2.87 bits per heavy atom. The SMILES string of the molecule is CCC(C)Nc1cc(Cl)nc(C2CC2)n1. The Kier molecular flexibility index (Phi) is 3.10. The third-order valence-electron chi connectivity index (χ3n) is 2.66. The van der Waals surface area contributed by atoms with Crippen molar-refractivity contribution >= 4 is 17.4 Å². The molecule has 0 spiro atoms. The Balaban J connectivity index is 2.15. The molecule has 15 heavy (non-hydrogen) atoms. The van der Waals surface area contributed by atoms with E-state index in [1.807, 2.05) is 0 Å². The minimum Gasteiger partial charge on any atom is -0.367 e. The van der Waals surface area contributed by atoms with Crippen LogP contribution in [0, 0.1) is 0 Å². The van der Waals surface area contributed by atoms with Crippen molar-refractivity contribution in [3.63, 3.8) is 0 Å². The van der Waals surface area contributed by atoms with Crippen LogP contribution in [0.15, 0.2) is 6.07 Å². The summed E-state index contributed by atoms with van der Waals surface area (Å²) in [7, 11) is 0. The molecule has 0 aromatic carbocycles. The topological polar surface area (TPSA) is 37.8 Å². The lowest BCUT2D eigenvalue weighted by molar-refractivity contribution is 0.755. The van der Waals surface area contributed by atoms with Gasteiger partial charge in [-0.2, -0.15) is 0 Å². The highest BCUT2D eigenvalue weighted by atomic mass is 35.5. The molecule has 1 fully saturated rings. The molecule has 1 aromatic heterocycles. The third kappa shape index (κ3) is 2.81. The average molecular weight is 226 g/mol. The van der Waals surface area contributed by atoms with Crippen LogP contribution in [-0.4, -0.2) is 16.0 Å². The van der Waals surface area contributed by atoms with Gasteiger partial charge in [0, 0.05) is 18.0 Å². The minimum absolute atomic E-state index is 0.419. The fourth-order valence-electron chi connectivity index (χ4n) is 1.39. The van der Waals surface area contributed by atoms with Gasteiger partial charge in [0.25, 0.3) is 0 Å². The van der Waals surface area contributed by atoms with E-state index in [2.05, 4.69) is 29.1 Å². The van der Waals surface area contributed by atoms with E-state index in [1.54, 1.807) is 6.07 Å². The number of hydrogen-bond donors (Lipinski definition) is 1. The molecule has 1 aromatic rings. The van der Waals surface area contributed by atoms with Gasteiger partial charge in [0.2, 0.25) is 0 Å². The Labute approximate surface area is 95.3 Å². The number of aromatic nitrogens is 2. The van der Waals surface area contributed by atoms with Crippen LogP contribution in [0.5, 0.6) is 0 Å². The first-order chi connectivity index (χ1) is 7.19. The minimum atomic E-state index is 0.419. The van der Waals surface area contributed by atoms with Crippen LogP contribution >= 0.6 is 11.6 Å². The van der Waals surface area contributed by atoms with E-state index in [9.17, 15) is 0 Å². The number of rotatable bonds is 4. The standard InChI is InChI=1S/C11H16ClN3/c1-3-7(2)13-10-6-9(12)14-11(15-10)8-4-5-8/h6-8H,3-5H2,1-2H3,(H,13,14,15). The van der Waals surface area contributed by atoms with Crippen molar-refractivity contribution in [1.82, 2.24) is 9.97 Å². The molecule has 1 atom stereocenters. The van der Waals surface area contributed by atoms with Crippen LogP contribution < -0.4 is 5.32 Å². The summed E-state index contributed by atoms with van der Waals surface area (Å²) in [4.78, 5) is 8.72. The summed E-state index contributed by atoms with van der Waals surface area (Å²) in [5, 5.41) is 3.86. The van der Waals surface area contributed by atoms with Crippen LogP contribution in [0.3, 0.4) is 0 Å². The second kappa shape index (κ2) is 4.35. The average Bonchev–Trinajstić information content (AvgIpc) is 2.99. The van der Waals surface area contributed by atoms with Gasteiger partial charge >= 0.3 is 0 Å². The second-order valence-electron chi connectivity index (χ2n) is 4.16. The maximum absolute atomic E-state index is 5.96. The predicted octanol–water partition coefficient (Wildman–Crippen LogP) is 3.22. The molecule has 0 radical (unpaired) electrons. The smallest absolute Gasteiger partial charge is 0.135 e. The lowest BCUT2D eigenvalue weighted by atomic mass is 10.2. The first-order valence-corrected chi connectivity index (χ1v) is 5.88. The monoisotopic (exact) mass is 225 g/mol. The quantitative estimate of drug-likeness (QED) is 0.800. The van der Waals surface area contributed by atoms with E-state index in [-0.39, 0.29) is 0 Å². The number of nitrogens with one attached hydrogen (secondary N) is 1. The van der Waals surface area contributed by atoms with Crippen molar-refractivity contribution in [3.8, 4) is 0 Å². The molecular formula is C11H16ClN3. The van der Waals surface area contributed by atoms with Crippen molar-refractivity contribution in [3.05, 3.63) is 17.0 Å². The summed E-state index contributed by atoms with van der Waals surface area (Å²) >= 11 is 5.96. The van der Waals surface area contributed by atoms with Crippen molar-refractivity contribution in [2.75, 3.05) is 5.32 Å². The lowest BCUT2D eigenvalue weighted by Crippen LogP contribution is -2.15. The van der Waals surface area contributed by atoms with Gasteiger partial charge in [0.05, 0.1) is 0 Å². The Morgan fingerprint density at radius 1 is 1.53 bits per heavy atom. The van der Waals surface area contributed by atoms with E-state index >= 15 is 0 Å². The van der Waals surface area contributed by atoms with Gasteiger partial charge in [-0.1, -0.05) is 18.5 Å². The molecule has 82 valence electrons. The number of halogens is 1. The summed E-state index contributed by atoms with van der Waals surface area (Å²) in [6, 6.07) is 2.21. The molecule has 0 saturated heterocycles. The lowest BCUT2D eigenvalue weighted by Gasteiger charge is -2.12. The Hall–Kier alpha value is -0.830. The number of hydrogen-bond acceptors (Lipinski definition) is 3. The third-order valence-corrected chi connectivity index (χ3v) is 2.85. The van der Waals surface area contributed by atoms with Crippen molar-refractivity contribution in [1.29, 1.82) is 0 Å². The van der Waals surface area contributed by atoms with E-state index in [1.165, 1.54) is 12.8 Å². The number of nitrogens with zero attached hydrogens (tertiary/aromatic N) is 2.